The van der Waals surface area contributed by atoms with Crippen LogP contribution in [0.1, 0.15) is 28.5 Å². The molecule has 0 saturated carbocycles. The molecule has 1 aromatic carbocycles. The summed E-state index contributed by atoms with van der Waals surface area (Å²) in [5.74, 6) is 3.01. The number of hydrogen-bond acceptors (Lipinski definition) is 4. The Morgan fingerprint density at radius 2 is 2.32 bits per heavy atom. The Morgan fingerprint density at radius 1 is 1.45 bits per heavy atom. The molecule has 110 valence electrons. The van der Waals surface area contributed by atoms with Crippen molar-refractivity contribution in [3.05, 3.63) is 47.2 Å². The summed E-state index contributed by atoms with van der Waals surface area (Å²) in [5, 5.41) is 0. The Balaban J connectivity index is 2.09. The Bertz CT molecular complexity index is 774. The van der Waals surface area contributed by atoms with Crippen LogP contribution >= 0.6 is 0 Å². The molecule has 0 aliphatic carbocycles. The highest BCUT2D eigenvalue weighted by Crippen LogP contribution is 2.37. The number of fused-ring (bicyclic) bond motifs is 1. The van der Waals surface area contributed by atoms with Gasteiger partial charge in [0.15, 0.2) is 0 Å². The fraction of sp³-hybridized carbons (Fsp3) is 0.222. The lowest BCUT2D eigenvalue weighted by Gasteiger charge is -2.10. The molecule has 0 N–H and O–H groups in total. The monoisotopic (exact) mass is 293 g/mol. The zero-order valence-corrected chi connectivity index (χ0v) is 12.3. The minimum atomic E-state index is -0.435. The Labute approximate surface area is 129 Å². The van der Waals surface area contributed by atoms with Crippen LogP contribution in [-0.4, -0.2) is 24.2 Å². The van der Waals surface area contributed by atoms with Crippen LogP contribution in [0.3, 0.4) is 0 Å². The number of esters is 1. The summed E-state index contributed by atoms with van der Waals surface area (Å²) in [6.07, 6.45) is 6.35. The van der Waals surface area contributed by atoms with E-state index in [2.05, 4.69) is 10.9 Å². The van der Waals surface area contributed by atoms with Gasteiger partial charge in [-0.25, -0.2) is 9.78 Å². The number of aromatic nitrogens is 1. The summed E-state index contributed by atoms with van der Waals surface area (Å²) in [6, 6.07) is 9.06. The first-order valence-electron chi connectivity index (χ1n) is 7.13. The van der Waals surface area contributed by atoms with Gasteiger partial charge in [-0.05, 0) is 36.8 Å². The van der Waals surface area contributed by atoms with Crippen LogP contribution in [0.5, 0.6) is 5.75 Å². The van der Waals surface area contributed by atoms with Gasteiger partial charge in [-0.3, -0.25) is 0 Å². The second-order valence-electron chi connectivity index (χ2n) is 4.88. The van der Waals surface area contributed by atoms with Gasteiger partial charge < -0.3 is 9.47 Å². The van der Waals surface area contributed by atoms with Crippen molar-refractivity contribution in [1.29, 1.82) is 0 Å². The van der Waals surface area contributed by atoms with Gasteiger partial charge in [-0.1, -0.05) is 12.0 Å². The Hall–Kier alpha value is -2.80. The Kier molecular flexibility index (Phi) is 3.80. The van der Waals surface area contributed by atoms with E-state index in [9.17, 15) is 4.79 Å². The number of rotatable bonds is 3. The van der Waals surface area contributed by atoms with Crippen molar-refractivity contribution in [3.8, 4) is 29.4 Å². The smallest absolute Gasteiger partial charge is 0.356 e. The lowest BCUT2D eigenvalue weighted by atomic mass is 10.0. The van der Waals surface area contributed by atoms with Crippen LogP contribution in [0.15, 0.2) is 30.3 Å². The molecule has 2 heterocycles. The van der Waals surface area contributed by atoms with Gasteiger partial charge in [-0.15, -0.1) is 6.42 Å². The van der Waals surface area contributed by atoms with Crippen LogP contribution in [0.4, 0.5) is 0 Å². The van der Waals surface area contributed by atoms with Gasteiger partial charge >= 0.3 is 5.97 Å². The quantitative estimate of drug-likeness (QED) is 0.645. The van der Waals surface area contributed by atoms with Crippen LogP contribution in [0, 0.1) is 12.3 Å². The van der Waals surface area contributed by atoms with Gasteiger partial charge in [0.2, 0.25) is 0 Å². The number of terminal acetylenes is 1. The second kappa shape index (κ2) is 5.90. The van der Waals surface area contributed by atoms with Gasteiger partial charge in [0.05, 0.1) is 18.9 Å². The second-order valence-corrected chi connectivity index (χ2v) is 4.88. The van der Waals surface area contributed by atoms with E-state index in [0.29, 0.717) is 18.9 Å². The average Bonchev–Trinajstić information content (AvgIpc) is 3.02. The number of ether oxygens (including phenoxy) is 2. The van der Waals surface area contributed by atoms with Crippen molar-refractivity contribution in [2.24, 2.45) is 0 Å². The zero-order chi connectivity index (χ0) is 15.5. The maximum absolute atomic E-state index is 11.8. The van der Waals surface area contributed by atoms with Crippen LogP contribution in [-0.2, 0) is 11.2 Å². The largest absolute Gasteiger partial charge is 0.492 e. The molecule has 4 heteroatoms. The highest BCUT2D eigenvalue weighted by molar-refractivity contribution is 5.88. The van der Waals surface area contributed by atoms with Crippen molar-refractivity contribution < 1.29 is 14.3 Å². The average molecular weight is 293 g/mol. The molecule has 0 spiro atoms. The summed E-state index contributed by atoms with van der Waals surface area (Å²) in [7, 11) is 0. The van der Waals surface area contributed by atoms with Crippen LogP contribution < -0.4 is 4.74 Å². The van der Waals surface area contributed by atoms with E-state index in [4.69, 9.17) is 15.9 Å². The Morgan fingerprint density at radius 3 is 3.09 bits per heavy atom. The fourth-order valence-corrected chi connectivity index (χ4v) is 2.49. The summed E-state index contributed by atoms with van der Waals surface area (Å²) in [4.78, 5) is 16.2. The van der Waals surface area contributed by atoms with E-state index < -0.39 is 5.97 Å². The third-order valence-electron chi connectivity index (χ3n) is 3.46. The zero-order valence-electron chi connectivity index (χ0n) is 12.3. The van der Waals surface area contributed by atoms with Gasteiger partial charge in [0, 0.05) is 17.5 Å². The van der Waals surface area contributed by atoms with E-state index in [1.165, 1.54) is 0 Å². The number of benzene rings is 1. The van der Waals surface area contributed by atoms with Crippen molar-refractivity contribution in [1.82, 2.24) is 4.98 Å². The van der Waals surface area contributed by atoms with Crippen molar-refractivity contribution in [2.45, 2.75) is 13.3 Å². The van der Waals surface area contributed by atoms with Crippen LogP contribution in [0.25, 0.3) is 11.3 Å². The molecule has 1 aromatic heterocycles. The predicted molar refractivity (Wildman–Crippen MR) is 82.8 cm³/mol. The molecule has 0 amide bonds. The first-order chi connectivity index (χ1) is 10.7. The number of pyridine rings is 1. The molecule has 1 aliphatic heterocycles. The third kappa shape index (κ3) is 2.53. The fourth-order valence-electron chi connectivity index (χ4n) is 2.49. The molecule has 0 atom stereocenters. The molecule has 0 bridgehead atoms. The predicted octanol–water partition coefficient (Wildman–Crippen LogP) is 2.84. The standard InChI is InChI=1S/C18H15NO3/c1-3-12-10-13-8-9-22-17(13)14(11-12)15-6-5-7-16(19-15)18(20)21-4-2/h1,5-7,10-11H,4,8-9H2,2H3. The third-order valence-corrected chi connectivity index (χ3v) is 3.46. The number of carbonyl (C=O) groups excluding carboxylic acids is 1. The molecule has 4 nitrogen and oxygen atoms in total. The molecule has 22 heavy (non-hydrogen) atoms. The molecular formula is C18H15NO3. The van der Waals surface area contributed by atoms with E-state index in [1.54, 1.807) is 19.1 Å². The number of hydrogen-bond donors (Lipinski definition) is 0. The van der Waals surface area contributed by atoms with Gasteiger partial charge in [0.25, 0.3) is 0 Å². The molecule has 0 saturated heterocycles. The SMILES string of the molecule is C#Cc1cc2c(c(-c3cccc(C(=O)OCC)n3)c1)OCC2. The molecule has 3 rings (SSSR count). The maximum atomic E-state index is 11.8. The lowest BCUT2D eigenvalue weighted by Crippen LogP contribution is -2.07. The molecule has 0 unspecified atom stereocenters. The topological polar surface area (TPSA) is 48.4 Å². The first kappa shape index (κ1) is 14.2. The van der Waals surface area contributed by atoms with E-state index in [0.717, 1.165) is 28.9 Å². The molecular weight excluding hydrogens is 278 g/mol. The van der Waals surface area contributed by atoms with Gasteiger partial charge in [-0.2, -0.15) is 0 Å². The molecule has 0 radical (unpaired) electrons. The molecule has 1 aliphatic rings. The van der Waals surface area contributed by atoms with E-state index >= 15 is 0 Å². The van der Waals surface area contributed by atoms with Gasteiger partial charge in [0.1, 0.15) is 11.4 Å². The van der Waals surface area contributed by atoms with Crippen molar-refractivity contribution in [2.75, 3.05) is 13.2 Å². The minimum Gasteiger partial charge on any atom is -0.492 e. The summed E-state index contributed by atoms with van der Waals surface area (Å²) in [6.45, 7) is 2.71. The normalized spacial score (nSPS) is 12.2. The minimum absolute atomic E-state index is 0.275. The van der Waals surface area contributed by atoms with Crippen molar-refractivity contribution in [3.63, 3.8) is 0 Å². The lowest BCUT2D eigenvalue weighted by molar-refractivity contribution is 0.0519. The van der Waals surface area contributed by atoms with Crippen molar-refractivity contribution >= 4 is 5.97 Å². The van der Waals surface area contributed by atoms with E-state index in [-0.39, 0.29) is 5.69 Å². The van der Waals surface area contributed by atoms with E-state index in [1.807, 2.05) is 18.2 Å². The highest BCUT2D eigenvalue weighted by Gasteiger charge is 2.20. The molecule has 0 fully saturated rings. The number of carbonyl (C=O) groups is 1. The maximum Gasteiger partial charge on any atom is 0.356 e. The molecule has 2 aromatic rings. The number of nitrogens with zero attached hydrogens (tertiary/aromatic N) is 1. The van der Waals surface area contributed by atoms with Crippen LogP contribution in [0.2, 0.25) is 0 Å². The highest BCUT2D eigenvalue weighted by atomic mass is 16.5. The summed E-state index contributed by atoms with van der Waals surface area (Å²) in [5.41, 5.74) is 3.60. The first-order valence-corrected chi connectivity index (χ1v) is 7.13. The summed E-state index contributed by atoms with van der Waals surface area (Å²) < 4.78 is 10.7. The summed E-state index contributed by atoms with van der Waals surface area (Å²) >= 11 is 0.